The van der Waals surface area contributed by atoms with E-state index in [-0.39, 0.29) is 88.3 Å². The van der Waals surface area contributed by atoms with Crippen LogP contribution in [-0.4, -0.2) is 88.4 Å². The molecule has 62 heavy (non-hydrogen) atoms. The van der Waals surface area contributed by atoms with Crippen molar-refractivity contribution < 1.29 is 47.7 Å². The Bertz CT molecular complexity index is 1070. The third-order valence-corrected chi connectivity index (χ3v) is 11.7. The molecule has 0 aliphatic heterocycles. The Balaban J connectivity index is 6.10. The Morgan fingerprint density at radius 3 is 1.08 bits per heavy atom. The Labute approximate surface area is 379 Å². The van der Waals surface area contributed by atoms with Crippen LogP contribution < -0.4 is 0 Å². The van der Waals surface area contributed by atoms with Crippen molar-refractivity contribution in [2.45, 2.75) is 227 Å². The first-order valence-corrected chi connectivity index (χ1v) is 25.4. The van der Waals surface area contributed by atoms with Crippen LogP contribution in [0.15, 0.2) is 0 Å². The summed E-state index contributed by atoms with van der Waals surface area (Å²) in [7, 11) is 3.97. The molecule has 0 N–H and O–H groups in total. The number of unbranched alkanes of at least 4 members (excludes halogenated alkanes) is 14. The zero-order valence-electron chi connectivity index (χ0n) is 41.1. The number of nitrogens with zero attached hydrogens (tertiary/aromatic N) is 1. The highest BCUT2D eigenvalue weighted by atomic mass is 16.6. The first-order chi connectivity index (χ1) is 29.9. The summed E-state index contributed by atoms with van der Waals surface area (Å²) >= 11 is 0. The second kappa shape index (κ2) is 41.0. The minimum Gasteiger partial charge on any atom is -0.466 e. The SMILES string of the molecule is CCCCCCCOC(=O)CCCCC(=O)OCC(COC(=O)CCCCN(C)C)(COC(=O)CC(CCCCC)CCCCC)COC(=O)CC(CCCCC)CCCCC. The van der Waals surface area contributed by atoms with Gasteiger partial charge in [-0.15, -0.1) is 0 Å². The number of hydrogen-bond acceptors (Lipinski definition) is 11. The van der Waals surface area contributed by atoms with Crippen LogP contribution in [0.3, 0.4) is 0 Å². The fourth-order valence-corrected chi connectivity index (χ4v) is 7.55. The van der Waals surface area contributed by atoms with Gasteiger partial charge in [0.1, 0.15) is 31.8 Å². The maximum absolute atomic E-state index is 13.6. The summed E-state index contributed by atoms with van der Waals surface area (Å²) in [5.74, 6) is -1.50. The van der Waals surface area contributed by atoms with Crippen LogP contribution in [0.2, 0.25) is 0 Å². The van der Waals surface area contributed by atoms with E-state index in [0.29, 0.717) is 25.9 Å². The number of esters is 5. The topological polar surface area (TPSA) is 135 Å². The highest BCUT2D eigenvalue weighted by Crippen LogP contribution is 2.27. The lowest BCUT2D eigenvalue weighted by atomic mass is 9.90. The van der Waals surface area contributed by atoms with Crippen LogP contribution in [0, 0.1) is 17.3 Å². The van der Waals surface area contributed by atoms with Crippen molar-refractivity contribution in [3.63, 3.8) is 0 Å². The largest absolute Gasteiger partial charge is 0.466 e. The monoisotopic (exact) mass is 882 g/mol. The van der Waals surface area contributed by atoms with Crippen LogP contribution in [0.5, 0.6) is 0 Å². The van der Waals surface area contributed by atoms with Crippen molar-refractivity contribution in [1.29, 1.82) is 0 Å². The van der Waals surface area contributed by atoms with Gasteiger partial charge in [-0.05, 0) is 90.3 Å². The summed E-state index contributed by atoms with van der Waals surface area (Å²) in [5.41, 5.74) is -1.30. The summed E-state index contributed by atoms with van der Waals surface area (Å²) in [6, 6.07) is 0. The van der Waals surface area contributed by atoms with Crippen molar-refractivity contribution in [2.75, 3.05) is 53.7 Å². The molecule has 364 valence electrons. The summed E-state index contributed by atoms with van der Waals surface area (Å²) in [5, 5.41) is 0. The van der Waals surface area contributed by atoms with E-state index in [0.717, 1.165) is 141 Å². The zero-order chi connectivity index (χ0) is 46.1. The molecule has 11 heteroatoms. The van der Waals surface area contributed by atoms with E-state index in [2.05, 4.69) is 39.5 Å². The fraction of sp³-hybridized carbons (Fsp3) is 0.902. The van der Waals surface area contributed by atoms with Gasteiger partial charge in [0, 0.05) is 32.1 Å². The lowest BCUT2D eigenvalue weighted by Gasteiger charge is -2.32. The van der Waals surface area contributed by atoms with Crippen LogP contribution in [0.1, 0.15) is 227 Å². The maximum atomic E-state index is 13.6. The predicted octanol–water partition coefficient (Wildman–Crippen LogP) is 12.3. The predicted molar refractivity (Wildman–Crippen MR) is 250 cm³/mol. The molecule has 11 nitrogen and oxygen atoms in total. The van der Waals surface area contributed by atoms with E-state index in [1.807, 2.05) is 14.1 Å². The lowest BCUT2D eigenvalue weighted by molar-refractivity contribution is -0.171. The van der Waals surface area contributed by atoms with Crippen LogP contribution in [-0.2, 0) is 47.7 Å². The summed E-state index contributed by atoms with van der Waals surface area (Å²) < 4.78 is 29.0. The molecular weight excluding hydrogens is 787 g/mol. The Morgan fingerprint density at radius 2 is 0.710 bits per heavy atom. The van der Waals surface area contributed by atoms with Gasteiger partial charge in [-0.1, -0.05) is 137 Å². The van der Waals surface area contributed by atoms with Gasteiger partial charge in [0.15, 0.2) is 0 Å². The van der Waals surface area contributed by atoms with Crippen molar-refractivity contribution in [1.82, 2.24) is 4.90 Å². The van der Waals surface area contributed by atoms with Gasteiger partial charge >= 0.3 is 29.8 Å². The molecule has 0 unspecified atom stereocenters. The average molecular weight is 882 g/mol. The lowest BCUT2D eigenvalue weighted by Crippen LogP contribution is -2.44. The molecule has 0 aromatic carbocycles. The Hall–Kier alpha value is -2.69. The van der Waals surface area contributed by atoms with Crippen molar-refractivity contribution in [3.8, 4) is 0 Å². The normalized spacial score (nSPS) is 11.6. The van der Waals surface area contributed by atoms with Crippen molar-refractivity contribution >= 4 is 29.8 Å². The van der Waals surface area contributed by atoms with Crippen molar-refractivity contribution in [2.24, 2.45) is 17.3 Å². The number of ether oxygens (including phenoxy) is 5. The van der Waals surface area contributed by atoms with E-state index in [1.54, 1.807) is 0 Å². The molecule has 0 saturated heterocycles. The standard InChI is InChI=1S/C51H95NO10/c1-8-13-18-19-28-37-58-46(53)33-24-25-34-47(54)59-40-51(41-60-48(55)35-26-27-36-52(6)7,42-61-49(56)38-44(29-20-14-9-2)30-21-15-10-3)43-62-50(57)39-45(31-22-16-11-4)32-23-17-12-5/h44-45H,8-43H2,1-7H3. The molecule has 0 rings (SSSR count). The minimum atomic E-state index is -1.30. The van der Waals surface area contributed by atoms with Gasteiger partial charge in [0.25, 0.3) is 0 Å². The fourth-order valence-electron chi connectivity index (χ4n) is 7.55. The maximum Gasteiger partial charge on any atom is 0.306 e. The third kappa shape index (κ3) is 35.7. The van der Waals surface area contributed by atoms with Crippen LogP contribution >= 0.6 is 0 Å². The molecule has 0 bridgehead atoms. The molecular formula is C51H95NO10. The first-order valence-electron chi connectivity index (χ1n) is 25.4. The zero-order valence-corrected chi connectivity index (χ0v) is 41.1. The smallest absolute Gasteiger partial charge is 0.306 e. The molecule has 0 saturated carbocycles. The Kier molecular flexibility index (Phi) is 39.3. The highest BCUT2D eigenvalue weighted by Gasteiger charge is 2.38. The molecule has 0 fully saturated rings. The second-order valence-corrected chi connectivity index (χ2v) is 18.4. The van der Waals surface area contributed by atoms with Gasteiger partial charge in [0.05, 0.1) is 6.61 Å². The Morgan fingerprint density at radius 1 is 0.387 bits per heavy atom. The van der Waals surface area contributed by atoms with Crippen LogP contribution in [0.4, 0.5) is 0 Å². The quantitative estimate of drug-likeness (QED) is 0.0329. The van der Waals surface area contributed by atoms with E-state index in [1.165, 1.54) is 6.42 Å². The molecule has 0 heterocycles. The van der Waals surface area contributed by atoms with Crippen LogP contribution in [0.25, 0.3) is 0 Å². The first kappa shape index (κ1) is 59.3. The second-order valence-electron chi connectivity index (χ2n) is 18.4. The molecule has 0 amide bonds. The molecule has 0 aromatic heterocycles. The molecule has 0 aromatic rings. The van der Waals surface area contributed by atoms with E-state index >= 15 is 0 Å². The van der Waals surface area contributed by atoms with E-state index in [9.17, 15) is 24.0 Å². The van der Waals surface area contributed by atoms with Gasteiger partial charge in [-0.3, -0.25) is 24.0 Å². The number of carbonyl (C=O) groups excluding carboxylic acids is 5. The van der Waals surface area contributed by atoms with Gasteiger partial charge in [-0.2, -0.15) is 0 Å². The molecule has 0 radical (unpaired) electrons. The highest BCUT2D eigenvalue weighted by molar-refractivity contribution is 5.72. The third-order valence-electron chi connectivity index (χ3n) is 11.7. The molecule has 0 aliphatic rings. The molecule has 0 spiro atoms. The molecule has 0 aliphatic carbocycles. The summed E-state index contributed by atoms with van der Waals surface area (Å²) in [6.07, 6.45) is 25.7. The minimum absolute atomic E-state index is 0.0695. The summed E-state index contributed by atoms with van der Waals surface area (Å²) in [4.78, 5) is 67.8. The molecule has 0 atom stereocenters. The average Bonchev–Trinajstić information content (AvgIpc) is 3.24. The van der Waals surface area contributed by atoms with Gasteiger partial charge in [0.2, 0.25) is 0 Å². The van der Waals surface area contributed by atoms with Gasteiger partial charge < -0.3 is 28.6 Å². The number of rotatable bonds is 44. The van der Waals surface area contributed by atoms with Crippen molar-refractivity contribution in [3.05, 3.63) is 0 Å². The van der Waals surface area contributed by atoms with Gasteiger partial charge in [-0.25, -0.2) is 0 Å². The van der Waals surface area contributed by atoms with E-state index in [4.69, 9.17) is 23.7 Å². The number of carbonyl (C=O) groups is 5. The van der Waals surface area contributed by atoms with E-state index < -0.39 is 17.4 Å². The summed E-state index contributed by atoms with van der Waals surface area (Å²) in [6.45, 7) is 11.1. The number of hydrogen-bond donors (Lipinski definition) is 0.